The average Bonchev–Trinajstić information content (AvgIpc) is 3.03. The van der Waals surface area contributed by atoms with Gasteiger partial charge in [-0.05, 0) is 43.7 Å². The summed E-state index contributed by atoms with van der Waals surface area (Å²) in [5.74, 6) is 0.163. The zero-order valence-corrected chi connectivity index (χ0v) is 18.3. The fraction of sp³-hybridized carbons (Fsp3) is 0.333. The molecule has 1 atom stereocenters. The van der Waals surface area contributed by atoms with Crippen LogP contribution in [0.5, 0.6) is 0 Å². The van der Waals surface area contributed by atoms with E-state index < -0.39 is 9.84 Å². The average molecular weight is 435 g/mol. The van der Waals surface area contributed by atoms with Crippen LogP contribution in [0.15, 0.2) is 41.3 Å². The number of carbonyl (C=O) groups excluding carboxylic acids is 1. The van der Waals surface area contributed by atoms with Crippen LogP contribution >= 0.6 is 11.6 Å². The third-order valence-corrected chi connectivity index (χ3v) is 6.35. The Morgan fingerprint density at radius 1 is 1.21 bits per heavy atom. The number of carbonyl (C=O) groups is 1. The summed E-state index contributed by atoms with van der Waals surface area (Å²) < 4.78 is 31.0. The highest BCUT2D eigenvalue weighted by Crippen LogP contribution is 2.30. The van der Waals surface area contributed by atoms with Crippen molar-refractivity contribution in [3.63, 3.8) is 0 Å². The number of esters is 1. The van der Waals surface area contributed by atoms with Gasteiger partial charge in [-0.2, -0.15) is 0 Å². The number of hydrogen-bond acceptors (Lipinski definition) is 5. The highest BCUT2D eigenvalue weighted by Gasteiger charge is 2.20. The second-order valence-corrected chi connectivity index (χ2v) is 9.22. The lowest BCUT2D eigenvalue weighted by Crippen LogP contribution is -2.13. The summed E-state index contributed by atoms with van der Waals surface area (Å²) >= 11 is 6.26. The van der Waals surface area contributed by atoms with Gasteiger partial charge < -0.3 is 4.74 Å². The van der Waals surface area contributed by atoms with Crippen LogP contribution in [0.1, 0.15) is 38.1 Å². The minimum Gasteiger partial charge on any atom is -0.466 e. The third-order valence-electron chi connectivity index (χ3n) is 4.78. The SMILES string of the molecule is CCOC(=O)C(C)c1ccc(-n2c(CC)nc3cc(S(C)(=O)=O)c(Cl)cc32)cc1. The van der Waals surface area contributed by atoms with Gasteiger partial charge in [0, 0.05) is 18.4 Å². The van der Waals surface area contributed by atoms with Gasteiger partial charge in [-0.1, -0.05) is 30.7 Å². The van der Waals surface area contributed by atoms with E-state index >= 15 is 0 Å². The maximum atomic E-state index is 12.0. The van der Waals surface area contributed by atoms with Crippen LogP contribution in [0, 0.1) is 0 Å². The number of aryl methyl sites for hydroxylation is 1. The minimum absolute atomic E-state index is 0.0672. The summed E-state index contributed by atoms with van der Waals surface area (Å²) in [6.45, 7) is 5.92. The predicted molar refractivity (Wildman–Crippen MR) is 114 cm³/mol. The number of rotatable bonds is 6. The Morgan fingerprint density at radius 3 is 2.41 bits per heavy atom. The molecule has 0 radical (unpaired) electrons. The van der Waals surface area contributed by atoms with Crippen molar-refractivity contribution >= 4 is 38.4 Å². The highest BCUT2D eigenvalue weighted by atomic mass is 35.5. The molecular formula is C21H23ClN2O4S. The normalized spacial score (nSPS) is 12.9. The van der Waals surface area contributed by atoms with Crippen molar-refractivity contribution < 1.29 is 17.9 Å². The van der Waals surface area contributed by atoms with E-state index in [9.17, 15) is 13.2 Å². The number of benzene rings is 2. The molecule has 0 bridgehead atoms. The molecule has 1 aromatic heterocycles. The van der Waals surface area contributed by atoms with Crippen molar-refractivity contribution in [2.24, 2.45) is 0 Å². The van der Waals surface area contributed by atoms with Crippen molar-refractivity contribution in [2.45, 2.75) is 38.0 Å². The number of ether oxygens (including phenoxy) is 1. The van der Waals surface area contributed by atoms with E-state index in [2.05, 4.69) is 4.98 Å². The van der Waals surface area contributed by atoms with Gasteiger partial charge in [0.2, 0.25) is 0 Å². The molecule has 0 fully saturated rings. The van der Waals surface area contributed by atoms with E-state index in [-0.39, 0.29) is 21.8 Å². The van der Waals surface area contributed by atoms with Gasteiger partial charge in [-0.3, -0.25) is 9.36 Å². The molecule has 1 heterocycles. The maximum absolute atomic E-state index is 12.0. The lowest BCUT2D eigenvalue weighted by Gasteiger charge is -2.13. The van der Waals surface area contributed by atoms with Crippen molar-refractivity contribution in [3.8, 4) is 5.69 Å². The zero-order chi connectivity index (χ0) is 21.3. The Kier molecular flexibility index (Phi) is 6.00. The number of halogens is 1. The molecule has 6 nitrogen and oxygen atoms in total. The van der Waals surface area contributed by atoms with Crippen molar-refractivity contribution in [1.29, 1.82) is 0 Å². The van der Waals surface area contributed by atoms with E-state index in [1.165, 1.54) is 6.07 Å². The highest BCUT2D eigenvalue weighted by molar-refractivity contribution is 7.90. The van der Waals surface area contributed by atoms with Gasteiger partial charge in [-0.25, -0.2) is 13.4 Å². The zero-order valence-electron chi connectivity index (χ0n) is 16.8. The smallest absolute Gasteiger partial charge is 0.313 e. The third kappa shape index (κ3) is 4.16. The van der Waals surface area contributed by atoms with Gasteiger partial charge in [0.25, 0.3) is 0 Å². The second kappa shape index (κ2) is 8.16. The molecule has 2 aromatic carbocycles. The molecule has 0 aliphatic heterocycles. The summed E-state index contributed by atoms with van der Waals surface area (Å²) in [5.41, 5.74) is 3.00. The molecule has 8 heteroatoms. The first-order valence-electron chi connectivity index (χ1n) is 9.35. The van der Waals surface area contributed by atoms with Crippen LogP contribution in [0.3, 0.4) is 0 Å². The van der Waals surface area contributed by atoms with Crippen molar-refractivity contribution in [1.82, 2.24) is 9.55 Å². The fourth-order valence-electron chi connectivity index (χ4n) is 3.25. The number of imidazole rings is 1. The Bertz CT molecular complexity index is 1170. The topological polar surface area (TPSA) is 78.3 Å². The first kappa shape index (κ1) is 21.3. The molecule has 0 aliphatic rings. The summed E-state index contributed by atoms with van der Waals surface area (Å²) in [6.07, 6.45) is 1.78. The number of sulfone groups is 1. The molecule has 0 saturated carbocycles. The molecule has 154 valence electrons. The Hall–Kier alpha value is -2.38. The monoisotopic (exact) mass is 434 g/mol. The Morgan fingerprint density at radius 2 is 1.86 bits per heavy atom. The quantitative estimate of drug-likeness (QED) is 0.540. The van der Waals surface area contributed by atoms with E-state index in [0.29, 0.717) is 18.5 Å². The maximum Gasteiger partial charge on any atom is 0.313 e. The predicted octanol–water partition coefficient (Wildman–Crippen LogP) is 4.31. The second-order valence-electron chi connectivity index (χ2n) is 6.83. The molecule has 1 unspecified atom stereocenters. The molecule has 29 heavy (non-hydrogen) atoms. The van der Waals surface area contributed by atoms with Crippen LogP contribution in [0.2, 0.25) is 5.02 Å². The summed E-state index contributed by atoms with van der Waals surface area (Å²) in [7, 11) is -3.45. The van der Waals surface area contributed by atoms with Crippen molar-refractivity contribution in [3.05, 3.63) is 52.8 Å². The summed E-state index contributed by atoms with van der Waals surface area (Å²) in [6, 6.07) is 10.7. The molecule has 0 spiro atoms. The van der Waals surface area contributed by atoms with E-state index in [0.717, 1.165) is 28.8 Å². The van der Waals surface area contributed by atoms with Gasteiger partial charge in [0.1, 0.15) is 5.82 Å². The van der Waals surface area contributed by atoms with Crippen molar-refractivity contribution in [2.75, 3.05) is 12.9 Å². The van der Waals surface area contributed by atoms with Gasteiger partial charge in [0.15, 0.2) is 9.84 Å². The van der Waals surface area contributed by atoms with E-state index in [4.69, 9.17) is 16.3 Å². The fourth-order valence-corrected chi connectivity index (χ4v) is 4.57. The Balaban J connectivity index is 2.09. The largest absolute Gasteiger partial charge is 0.466 e. The molecule has 0 amide bonds. The molecule has 0 aliphatic carbocycles. The molecule has 0 saturated heterocycles. The summed E-state index contributed by atoms with van der Waals surface area (Å²) in [5, 5.41) is 0.163. The van der Waals surface area contributed by atoms with Gasteiger partial charge in [0.05, 0.1) is 33.5 Å². The summed E-state index contributed by atoms with van der Waals surface area (Å²) in [4.78, 5) is 16.6. The molecule has 3 aromatic rings. The van der Waals surface area contributed by atoms with E-state index in [1.807, 2.05) is 42.7 Å². The lowest BCUT2D eigenvalue weighted by atomic mass is 10.0. The first-order chi connectivity index (χ1) is 13.7. The van der Waals surface area contributed by atoms with Crippen LogP contribution in [-0.2, 0) is 25.8 Å². The van der Waals surface area contributed by atoms with Crippen LogP contribution in [0.25, 0.3) is 16.7 Å². The number of nitrogens with zero attached hydrogens (tertiary/aromatic N) is 2. The van der Waals surface area contributed by atoms with Gasteiger partial charge in [-0.15, -0.1) is 0 Å². The molecule has 0 N–H and O–H groups in total. The Labute approximate surface area is 175 Å². The lowest BCUT2D eigenvalue weighted by molar-refractivity contribution is -0.144. The standard InChI is InChI=1S/C21H23ClN2O4S/c1-5-20-23-17-12-19(29(4,26)27)16(22)11-18(17)24(20)15-9-7-14(8-10-15)13(3)21(25)28-6-2/h7-13H,5-6H2,1-4H3. The molecule has 3 rings (SSSR count). The number of aromatic nitrogens is 2. The van der Waals surface area contributed by atoms with Crippen LogP contribution in [0.4, 0.5) is 0 Å². The first-order valence-corrected chi connectivity index (χ1v) is 11.6. The van der Waals surface area contributed by atoms with Crippen LogP contribution < -0.4 is 0 Å². The van der Waals surface area contributed by atoms with Crippen LogP contribution in [-0.4, -0.2) is 36.8 Å². The minimum atomic E-state index is -3.45. The number of fused-ring (bicyclic) bond motifs is 1. The van der Waals surface area contributed by atoms with E-state index in [1.54, 1.807) is 13.0 Å². The van der Waals surface area contributed by atoms with Gasteiger partial charge >= 0.3 is 5.97 Å². The number of hydrogen-bond donors (Lipinski definition) is 0. The molecular weight excluding hydrogens is 412 g/mol.